The Hall–Kier alpha value is -2.75. The van der Waals surface area contributed by atoms with Crippen molar-refractivity contribution in [2.45, 2.75) is 11.8 Å². The molecule has 21 heavy (non-hydrogen) atoms. The van der Waals surface area contributed by atoms with E-state index in [4.69, 9.17) is 5.11 Å². The minimum absolute atomic E-state index is 0.126. The summed E-state index contributed by atoms with van der Waals surface area (Å²) in [7, 11) is -3.93. The van der Waals surface area contributed by atoms with Crippen LogP contribution >= 0.6 is 0 Å². The number of carbonyl (C=O) groups is 2. The SMILES string of the molecule is CC(=O)NS(=O)(=O)c1ccc(-n2nncc2C(=O)O)cc1. The smallest absolute Gasteiger partial charge is 0.356 e. The summed E-state index contributed by atoms with van der Waals surface area (Å²) in [6.07, 6.45) is 1.07. The van der Waals surface area contributed by atoms with E-state index < -0.39 is 21.9 Å². The zero-order valence-corrected chi connectivity index (χ0v) is 11.5. The Kier molecular flexibility index (Phi) is 3.72. The van der Waals surface area contributed by atoms with E-state index in [1.54, 1.807) is 0 Å². The molecule has 0 spiro atoms. The number of amides is 1. The van der Waals surface area contributed by atoms with Crippen molar-refractivity contribution in [3.05, 3.63) is 36.2 Å². The zero-order valence-electron chi connectivity index (χ0n) is 10.7. The summed E-state index contributed by atoms with van der Waals surface area (Å²) in [4.78, 5) is 21.7. The fourth-order valence-corrected chi connectivity index (χ4v) is 2.58. The Bertz CT molecular complexity index is 794. The Morgan fingerprint density at radius 3 is 2.38 bits per heavy atom. The summed E-state index contributed by atoms with van der Waals surface area (Å²) in [5, 5.41) is 16.1. The maximum absolute atomic E-state index is 11.8. The Morgan fingerprint density at radius 1 is 1.24 bits per heavy atom. The quantitative estimate of drug-likeness (QED) is 0.798. The lowest BCUT2D eigenvalue weighted by Crippen LogP contribution is -2.28. The summed E-state index contributed by atoms with van der Waals surface area (Å²) in [5.74, 6) is -1.92. The molecule has 2 N–H and O–H groups in total. The predicted octanol–water partition coefficient (Wildman–Crippen LogP) is -0.210. The lowest BCUT2D eigenvalue weighted by Gasteiger charge is -2.06. The Morgan fingerprint density at radius 2 is 1.86 bits per heavy atom. The Labute approximate surface area is 119 Å². The number of benzene rings is 1. The van der Waals surface area contributed by atoms with Gasteiger partial charge in [-0.2, -0.15) is 0 Å². The molecule has 0 saturated carbocycles. The highest BCUT2D eigenvalue weighted by Crippen LogP contribution is 2.14. The first-order chi connectivity index (χ1) is 9.81. The van der Waals surface area contributed by atoms with E-state index >= 15 is 0 Å². The molecule has 0 atom stereocenters. The summed E-state index contributed by atoms with van der Waals surface area (Å²) >= 11 is 0. The Balaban J connectivity index is 2.38. The van der Waals surface area contributed by atoms with Gasteiger partial charge in [-0.15, -0.1) is 5.10 Å². The van der Waals surface area contributed by atoms with Crippen LogP contribution in [0.2, 0.25) is 0 Å². The fraction of sp³-hybridized carbons (Fsp3) is 0.0909. The molecule has 9 nitrogen and oxygen atoms in total. The minimum atomic E-state index is -3.93. The van der Waals surface area contributed by atoms with Gasteiger partial charge in [-0.25, -0.2) is 22.6 Å². The third kappa shape index (κ3) is 3.05. The van der Waals surface area contributed by atoms with Gasteiger partial charge >= 0.3 is 5.97 Å². The molecule has 0 saturated heterocycles. The van der Waals surface area contributed by atoms with Crippen LogP contribution in [0.3, 0.4) is 0 Å². The molecule has 0 bridgehead atoms. The van der Waals surface area contributed by atoms with Crippen molar-refractivity contribution in [1.29, 1.82) is 0 Å². The van der Waals surface area contributed by atoms with E-state index in [2.05, 4.69) is 10.3 Å². The van der Waals surface area contributed by atoms with Crippen molar-refractivity contribution in [1.82, 2.24) is 19.7 Å². The van der Waals surface area contributed by atoms with Gasteiger partial charge < -0.3 is 5.11 Å². The normalized spacial score (nSPS) is 11.1. The number of aromatic nitrogens is 3. The molecule has 1 heterocycles. The van der Waals surface area contributed by atoms with Gasteiger partial charge in [0.25, 0.3) is 10.0 Å². The fourth-order valence-electron chi connectivity index (χ4n) is 1.59. The topological polar surface area (TPSA) is 131 Å². The lowest BCUT2D eigenvalue weighted by atomic mass is 10.3. The average Bonchev–Trinajstić information content (AvgIpc) is 2.86. The number of sulfonamides is 1. The standard InChI is InChI=1S/C11H10N4O5S/c1-7(16)13-21(19,20)9-4-2-8(3-5-9)15-10(11(17)18)6-12-14-15/h2-6H,1H3,(H,13,16)(H,17,18). The van der Waals surface area contributed by atoms with Gasteiger partial charge in [0, 0.05) is 6.92 Å². The first kappa shape index (κ1) is 14.7. The van der Waals surface area contributed by atoms with Crippen LogP contribution in [-0.4, -0.2) is 40.4 Å². The third-order valence-corrected chi connectivity index (χ3v) is 3.89. The van der Waals surface area contributed by atoms with Crippen LogP contribution in [0.15, 0.2) is 35.4 Å². The highest BCUT2D eigenvalue weighted by Gasteiger charge is 2.17. The molecular formula is C11H10N4O5S. The van der Waals surface area contributed by atoms with Crippen LogP contribution in [0.1, 0.15) is 17.4 Å². The maximum Gasteiger partial charge on any atom is 0.356 e. The number of carbonyl (C=O) groups excluding carboxylic acids is 1. The van der Waals surface area contributed by atoms with E-state index in [1.807, 2.05) is 4.72 Å². The number of rotatable bonds is 4. The number of carboxylic acids is 1. The lowest BCUT2D eigenvalue weighted by molar-refractivity contribution is -0.117. The van der Waals surface area contributed by atoms with Crippen molar-refractivity contribution in [2.75, 3.05) is 0 Å². The van der Waals surface area contributed by atoms with Crippen LogP contribution < -0.4 is 4.72 Å². The second kappa shape index (κ2) is 5.32. The molecule has 0 aliphatic rings. The number of aromatic carboxylic acids is 1. The van der Waals surface area contributed by atoms with Crippen molar-refractivity contribution in [3.63, 3.8) is 0 Å². The van der Waals surface area contributed by atoms with E-state index in [1.165, 1.54) is 24.3 Å². The highest BCUT2D eigenvalue weighted by atomic mass is 32.2. The van der Waals surface area contributed by atoms with Gasteiger partial charge in [0.15, 0.2) is 5.69 Å². The van der Waals surface area contributed by atoms with Crippen LogP contribution in [0.25, 0.3) is 5.69 Å². The van der Waals surface area contributed by atoms with Crippen LogP contribution in [0, 0.1) is 0 Å². The summed E-state index contributed by atoms with van der Waals surface area (Å²) in [5.41, 5.74) is 0.166. The van der Waals surface area contributed by atoms with Crippen LogP contribution in [0.5, 0.6) is 0 Å². The first-order valence-electron chi connectivity index (χ1n) is 5.59. The zero-order chi connectivity index (χ0) is 15.6. The average molecular weight is 310 g/mol. The van der Waals surface area contributed by atoms with Crippen LogP contribution in [-0.2, 0) is 14.8 Å². The van der Waals surface area contributed by atoms with Gasteiger partial charge in [-0.05, 0) is 24.3 Å². The first-order valence-corrected chi connectivity index (χ1v) is 7.07. The molecule has 10 heteroatoms. The maximum atomic E-state index is 11.8. The van der Waals surface area contributed by atoms with Gasteiger partial charge in [0.1, 0.15) is 0 Å². The number of nitrogens with zero attached hydrogens (tertiary/aromatic N) is 3. The van der Waals surface area contributed by atoms with Gasteiger partial charge in [0.05, 0.1) is 16.8 Å². The monoisotopic (exact) mass is 310 g/mol. The second-order valence-corrected chi connectivity index (χ2v) is 5.67. The van der Waals surface area contributed by atoms with Crippen LogP contribution in [0.4, 0.5) is 0 Å². The van der Waals surface area contributed by atoms with Gasteiger partial charge in [-0.1, -0.05) is 5.21 Å². The summed E-state index contributed by atoms with van der Waals surface area (Å²) in [6.45, 7) is 1.08. The summed E-state index contributed by atoms with van der Waals surface area (Å²) in [6, 6.07) is 5.17. The molecule has 0 aliphatic heterocycles. The van der Waals surface area contributed by atoms with Crippen molar-refractivity contribution >= 4 is 21.9 Å². The van der Waals surface area contributed by atoms with Crippen molar-refractivity contribution in [2.24, 2.45) is 0 Å². The van der Waals surface area contributed by atoms with Gasteiger partial charge in [0.2, 0.25) is 5.91 Å². The minimum Gasteiger partial charge on any atom is -0.476 e. The number of hydrogen-bond donors (Lipinski definition) is 2. The molecule has 2 rings (SSSR count). The molecule has 0 radical (unpaired) electrons. The molecule has 1 amide bonds. The molecular weight excluding hydrogens is 300 g/mol. The van der Waals surface area contributed by atoms with Crippen molar-refractivity contribution in [3.8, 4) is 5.69 Å². The van der Waals surface area contributed by atoms with E-state index in [9.17, 15) is 18.0 Å². The molecule has 0 aliphatic carbocycles. The largest absolute Gasteiger partial charge is 0.476 e. The van der Waals surface area contributed by atoms with E-state index in [-0.39, 0.29) is 10.6 Å². The van der Waals surface area contributed by atoms with Gasteiger partial charge in [-0.3, -0.25) is 4.79 Å². The third-order valence-electron chi connectivity index (χ3n) is 2.44. The molecule has 0 fully saturated rings. The molecule has 1 aromatic carbocycles. The summed E-state index contributed by atoms with van der Waals surface area (Å²) < 4.78 is 26.4. The number of carboxylic acid groups (broad SMARTS) is 1. The van der Waals surface area contributed by atoms with E-state index in [0.717, 1.165) is 17.8 Å². The molecule has 2 aromatic rings. The highest BCUT2D eigenvalue weighted by molar-refractivity contribution is 7.90. The van der Waals surface area contributed by atoms with Crippen molar-refractivity contribution < 1.29 is 23.1 Å². The van der Waals surface area contributed by atoms with E-state index in [0.29, 0.717) is 5.69 Å². The molecule has 0 unspecified atom stereocenters. The predicted molar refractivity (Wildman–Crippen MR) is 69.3 cm³/mol. The molecule has 110 valence electrons. The second-order valence-electron chi connectivity index (χ2n) is 3.99. The number of hydrogen-bond acceptors (Lipinski definition) is 6. The molecule has 1 aromatic heterocycles. The number of nitrogens with one attached hydrogen (secondary N) is 1.